The van der Waals surface area contributed by atoms with Crippen molar-refractivity contribution in [2.75, 3.05) is 0 Å². The lowest BCUT2D eigenvalue weighted by Crippen LogP contribution is -2.48. The lowest BCUT2D eigenvalue weighted by atomic mass is 10.1. The van der Waals surface area contributed by atoms with Gasteiger partial charge in [0.15, 0.2) is 5.54 Å². The zero-order chi connectivity index (χ0) is 9.47. The molecule has 1 heterocycles. The van der Waals surface area contributed by atoms with Crippen molar-refractivity contribution in [3.8, 4) is 0 Å². The molecule has 0 N–H and O–H groups in total. The number of fused-ring (bicyclic) bond motifs is 1. The molecule has 0 bridgehead atoms. The summed E-state index contributed by atoms with van der Waals surface area (Å²) in [5.74, 6) is 0. The van der Waals surface area contributed by atoms with Crippen molar-refractivity contribution in [1.29, 1.82) is 0 Å². The normalized spacial score (nSPS) is 12.2. The maximum absolute atomic E-state index is 5.44. The molecule has 0 radical (unpaired) electrons. The number of para-hydroxylation sites is 2. The van der Waals surface area contributed by atoms with Crippen molar-refractivity contribution in [3.05, 3.63) is 30.7 Å². The van der Waals surface area contributed by atoms with Gasteiger partial charge in [-0.15, -0.1) is 0 Å². The number of benzene rings is 1. The van der Waals surface area contributed by atoms with Crippen molar-refractivity contribution in [2.24, 2.45) is 0 Å². The van der Waals surface area contributed by atoms with E-state index >= 15 is 0 Å². The van der Waals surface area contributed by atoms with Gasteiger partial charge in [-0.05, 0) is 6.07 Å². The summed E-state index contributed by atoms with van der Waals surface area (Å²) in [6.07, 6.45) is 1.78. The zero-order valence-corrected chi connectivity index (χ0v) is 8.24. The third-order valence-electron chi connectivity index (χ3n) is 2.13. The summed E-state index contributed by atoms with van der Waals surface area (Å²) in [4.78, 5) is 0. The Hall–Kier alpha value is -1.31. The summed E-state index contributed by atoms with van der Waals surface area (Å²) < 4.78 is 7.58. The molecular formula is C11H14NO+. The summed E-state index contributed by atoms with van der Waals surface area (Å²) in [5.41, 5.74) is 2.17. The van der Waals surface area contributed by atoms with Gasteiger partial charge < -0.3 is 4.42 Å². The van der Waals surface area contributed by atoms with E-state index in [0.717, 1.165) is 11.1 Å². The summed E-state index contributed by atoms with van der Waals surface area (Å²) in [6, 6.07) is 8.07. The first-order valence-electron chi connectivity index (χ1n) is 4.47. The average Bonchev–Trinajstić information content (AvgIpc) is 2.45. The average molecular weight is 176 g/mol. The molecular weight excluding hydrogens is 162 g/mol. The molecule has 0 aliphatic rings. The number of hydrogen-bond acceptors (Lipinski definition) is 1. The zero-order valence-electron chi connectivity index (χ0n) is 8.24. The minimum absolute atomic E-state index is 0.0760. The summed E-state index contributed by atoms with van der Waals surface area (Å²) in [7, 11) is 0. The molecule has 2 nitrogen and oxygen atoms in total. The number of nitrogens with zero attached hydrogens (tertiary/aromatic N) is 1. The maximum Gasteiger partial charge on any atom is 0.335 e. The third kappa shape index (κ3) is 1.32. The molecule has 0 atom stereocenters. The van der Waals surface area contributed by atoms with Crippen LogP contribution in [-0.2, 0) is 5.54 Å². The molecule has 0 unspecified atom stereocenters. The van der Waals surface area contributed by atoms with E-state index in [1.807, 2.05) is 18.2 Å². The van der Waals surface area contributed by atoms with Crippen LogP contribution in [-0.4, -0.2) is 0 Å². The quantitative estimate of drug-likeness (QED) is 0.563. The molecule has 0 saturated carbocycles. The van der Waals surface area contributed by atoms with E-state index in [1.54, 1.807) is 6.39 Å². The van der Waals surface area contributed by atoms with Gasteiger partial charge in [-0.3, -0.25) is 0 Å². The van der Waals surface area contributed by atoms with Gasteiger partial charge in [-0.25, -0.2) is 0 Å². The lowest BCUT2D eigenvalue weighted by molar-refractivity contribution is -0.734. The van der Waals surface area contributed by atoms with Crippen molar-refractivity contribution in [1.82, 2.24) is 0 Å². The largest absolute Gasteiger partial charge is 0.404 e. The van der Waals surface area contributed by atoms with Gasteiger partial charge in [0.25, 0.3) is 5.52 Å². The Kier molecular flexibility index (Phi) is 1.65. The van der Waals surface area contributed by atoms with Crippen LogP contribution in [0.5, 0.6) is 0 Å². The highest BCUT2D eigenvalue weighted by Gasteiger charge is 2.26. The van der Waals surface area contributed by atoms with E-state index in [2.05, 4.69) is 31.4 Å². The van der Waals surface area contributed by atoms with Gasteiger partial charge in [-0.1, -0.05) is 12.1 Å². The van der Waals surface area contributed by atoms with Gasteiger partial charge in [0.1, 0.15) is 0 Å². The fourth-order valence-electron chi connectivity index (χ4n) is 1.44. The molecule has 0 saturated heterocycles. The van der Waals surface area contributed by atoms with Crippen molar-refractivity contribution >= 4 is 11.1 Å². The molecule has 0 amide bonds. The first-order chi connectivity index (χ1) is 6.09. The second-order valence-corrected chi connectivity index (χ2v) is 4.23. The van der Waals surface area contributed by atoms with Crippen LogP contribution in [0.2, 0.25) is 0 Å². The standard InChI is InChI=1S/C11H14NO/c1-11(2,3)12-8-13-10-7-5-4-6-9(10)12/h4-8H,1-3H3/q+1. The molecule has 13 heavy (non-hydrogen) atoms. The SMILES string of the molecule is CC(C)(C)[n+]1coc2ccccc21. The Labute approximate surface area is 77.8 Å². The minimum atomic E-state index is 0.0760. The fraction of sp³-hybridized carbons (Fsp3) is 0.364. The van der Waals surface area contributed by atoms with Crippen LogP contribution in [0.25, 0.3) is 11.1 Å². The Morgan fingerprint density at radius 1 is 1.15 bits per heavy atom. The lowest BCUT2D eigenvalue weighted by Gasteiger charge is -2.09. The van der Waals surface area contributed by atoms with Crippen LogP contribution < -0.4 is 4.57 Å². The highest BCUT2D eigenvalue weighted by Crippen LogP contribution is 2.14. The van der Waals surface area contributed by atoms with Crippen LogP contribution in [0.4, 0.5) is 0 Å². The molecule has 0 aliphatic heterocycles. The molecule has 1 aromatic heterocycles. The highest BCUT2D eigenvalue weighted by molar-refractivity contribution is 5.68. The van der Waals surface area contributed by atoms with Crippen molar-refractivity contribution in [2.45, 2.75) is 26.3 Å². The van der Waals surface area contributed by atoms with Crippen molar-refractivity contribution in [3.63, 3.8) is 0 Å². The molecule has 2 rings (SSSR count). The van der Waals surface area contributed by atoms with Crippen LogP contribution >= 0.6 is 0 Å². The van der Waals surface area contributed by atoms with Gasteiger partial charge >= 0.3 is 6.39 Å². The van der Waals surface area contributed by atoms with E-state index in [9.17, 15) is 0 Å². The van der Waals surface area contributed by atoms with E-state index in [4.69, 9.17) is 4.42 Å². The van der Waals surface area contributed by atoms with Crippen LogP contribution in [0.15, 0.2) is 35.1 Å². The second kappa shape index (κ2) is 2.59. The molecule has 0 spiro atoms. The number of oxazole rings is 1. The molecule has 0 fully saturated rings. The van der Waals surface area contributed by atoms with Gasteiger partial charge in [0, 0.05) is 26.8 Å². The Morgan fingerprint density at radius 3 is 2.54 bits per heavy atom. The third-order valence-corrected chi connectivity index (χ3v) is 2.13. The molecule has 1 aromatic carbocycles. The van der Waals surface area contributed by atoms with Gasteiger partial charge in [-0.2, -0.15) is 4.57 Å². The first-order valence-corrected chi connectivity index (χ1v) is 4.47. The first kappa shape index (κ1) is 8.30. The molecule has 2 heteroatoms. The minimum Gasteiger partial charge on any atom is -0.404 e. The van der Waals surface area contributed by atoms with Crippen molar-refractivity contribution < 1.29 is 8.98 Å². The smallest absolute Gasteiger partial charge is 0.335 e. The predicted molar refractivity (Wildman–Crippen MR) is 51.4 cm³/mol. The van der Waals surface area contributed by atoms with Crippen LogP contribution in [0, 0.1) is 0 Å². The molecule has 0 aliphatic carbocycles. The highest BCUT2D eigenvalue weighted by atomic mass is 16.3. The second-order valence-electron chi connectivity index (χ2n) is 4.23. The number of aromatic nitrogens is 1. The van der Waals surface area contributed by atoms with Gasteiger partial charge in [0.2, 0.25) is 5.58 Å². The number of rotatable bonds is 0. The maximum atomic E-state index is 5.44. The van der Waals surface area contributed by atoms with E-state index in [-0.39, 0.29) is 5.54 Å². The summed E-state index contributed by atoms with van der Waals surface area (Å²) >= 11 is 0. The Balaban J connectivity index is 2.72. The van der Waals surface area contributed by atoms with E-state index < -0.39 is 0 Å². The summed E-state index contributed by atoms with van der Waals surface area (Å²) in [5, 5.41) is 0. The number of hydrogen-bond donors (Lipinski definition) is 0. The fourth-order valence-corrected chi connectivity index (χ4v) is 1.44. The van der Waals surface area contributed by atoms with E-state index in [1.165, 1.54) is 0 Å². The predicted octanol–water partition coefficient (Wildman–Crippen LogP) is 2.48. The van der Waals surface area contributed by atoms with Crippen LogP contribution in [0.3, 0.4) is 0 Å². The Morgan fingerprint density at radius 2 is 1.85 bits per heavy atom. The molecule has 68 valence electrons. The van der Waals surface area contributed by atoms with Gasteiger partial charge in [0.05, 0.1) is 0 Å². The molecule has 2 aromatic rings. The van der Waals surface area contributed by atoms with E-state index in [0.29, 0.717) is 0 Å². The Bertz CT molecular complexity index is 423. The summed E-state index contributed by atoms with van der Waals surface area (Å²) in [6.45, 7) is 6.48. The monoisotopic (exact) mass is 176 g/mol. The topological polar surface area (TPSA) is 17.0 Å². The van der Waals surface area contributed by atoms with Crippen LogP contribution in [0.1, 0.15) is 20.8 Å².